The third-order valence-electron chi connectivity index (χ3n) is 5.41. The van der Waals surface area contributed by atoms with Crippen LogP contribution in [0.2, 0.25) is 5.02 Å². The second-order valence-corrected chi connectivity index (χ2v) is 8.20. The molecule has 0 aliphatic rings. The Morgan fingerprint density at radius 2 is 1.75 bits per heavy atom. The number of nitrogens with one attached hydrogen (secondary N) is 2. The Morgan fingerprint density at radius 3 is 2.47 bits per heavy atom. The van der Waals surface area contributed by atoms with E-state index in [9.17, 15) is 14.4 Å². The van der Waals surface area contributed by atoms with Gasteiger partial charge in [0.1, 0.15) is 5.75 Å². The van der Waals surface area contributed by atoms with Crippen molar-refractivity contribution in [2.24, 2.45) is 7.05 Å². The van der Waals surface area contributed by atoms with E-state index in [1.54, 1.807) is 43.4 Å². The molecule has 10 heteroatoms. The number of amides is 2. The van der Waals surface area contributed by atoms with Crippen LogP contribution in [0, 0.1) is 0 Å². The molecule has 0 saturated carbocycles. The van der Waals surface area contributed by atoms with Crippen molar-refractivity contribution in [2.75, 3.05) is 11.9 Å². The zero-order valence-corrected chi connectivity index (χ0v) is 19.5. The number of hydrogen-bond acceptors (Lipinski definition) is 4. The molecule has 0 atom stereocenters. The van der Waals surface area contributed by atoms with E-state index in [0.29, 0.717) is 32.9 Å². The van der Waals surface area contributed by atoms with Gasteiger partial charge in [0.15, 0.2) is 6.61 Å². The van der Waals surface area contributed by atoms with E-state index in [2.05, 4.69) is 10.6 Å². The fourth-order valence-corrected chi connectivity index (χ4v) is 3.99. The zero-order chi connectivity index (χ0) is 24.9. The zero-order valence-electron chi connectivity index (χ0n) is 18.7. The number of halogens is 1. The summed E-state index contributed by atoms with van der Waals surface area (Å²) in [4.78, 5) is 36.4. The number of rotatable bonds is 7. The first kappa shape index (κ1) is 27.3. The van der Waals surface area contributed by atoms with Crippen LogP contribution >= 0.6 is 11.6 Å². The Kier molecular flexibility index (Phi) is 9.17. The van der Waals surface area contributed by atoms with Gasteiger partial charge in [-0.15, -0.1) is 0 Å². The number of benzene rings is 3. The average Bonchev–Trinajstić information content (AvgIpc) is 2.84. The second kappa shape index (κ2) is 12.1. The van der Waals surface area contributed by atoms with Gasteiger partial charge in [0.05, 0.1) is 6.54 Å². The fourth-order valence-electron chi connectivity index (χ4n) is 3.82. The average molecular weight is 516 g/mol. The number of anilines is 1. The van der Waals surface area contributed by atoms with Crippen molar-refractivity contribution < 1.29 is 19.4 Å². The molecule has 0 unspecified atom stereocenters. The van der Waals surface area contributed by atoms with Gasteiger partial charge in [-0.05, 0) is 41.3 Å². The molecule has 4 rings (SSSR count). The number of nitrogens with zero attached hydrogens (tertiary/aromatic N) is 1. The maximum absolute atomic E-state index is 13.1. The number of urea groups is 1. The number of hydrogen-bond donors (Lipinski definition) is 3. The Hall–Kier alpha value is -3.30. The summed E-state index contributed by atoms with van der Waals surface area (Å²) in [5.74, 6) is -0.789. The quantitative estimate of drug-likeness (QED) is 0.322. The number of fused-ring (bicyclic) bond motifs is 1. The number of carbonyl (C=O) groups is 2. The van der Waals surface area contributed by atoms with Gasteiger partial charge in [0.25, 0.3) is 5.56 Å². The minimum atomic E-state index is -1.10. The van der Waals surface area contributed by atoms with Crippen molar-refractivity contribution >= 4 is 69.6 Å². The normalized spacial score (nSPS) is 10.4. The first-order chi connectivity index (χ1) is 16.8. The molecule has 180 valence electrons. The SMILES string of the molecule is Cn1c(CNC(=O)Nc2cccc(OCC(=O)O)c2)c(-c2ccccc2)c2cc(Cl)ccc2c1=O.[NaH]. The summed E-state index contributed by atoms with van der Waals surface area (Å²) in [5, 5.41) is 16.0. The number of aromatic nitrogens is 1. The number of carboxylic acids is 1. The number of ether oxygens (including phenoxy) is 1. The summed E-state index contributed by atoms with van der Waals surface area (Å²) in [6.45, 7) is -0.419. The van der Waals surface area contributed by atoms with Crippen LogP contribution in [-0.4, -0.2) is 57.8 Å². The van der Waals surface area contributed by atoms with Crippen molar-refractivity contribution in [3.05, 3.63) is 93.9 Å². The molecule has 3 aromatic carbocycles. The van der Waals surface area contributed by atoms with Gasteiger partial charge in [-0.25, -0.2) is 9.59 Å². The molecule has 36 heavy (non-hydrogen) atoms. The molecule has 0 radical (unpaired) electrons. The van der Waals surface area contributed by atoms with Crippen molar-refractivity contribution in [1.29, 1.82) is 0 Å². The van der Waals surface area contributed by atoms with E-state index in [0.717, 1.165) is 11.1 Å². The molecule has 0 aliphatic carbocycles. The predicted molar refractivity (Wildman–Crippen MR) is 142 cm³/mol. The van der Waals surface area contributed by atoms with E-state index in [1.165, 1.54) is 10.6 Å². The van der Waals surface area contributed by atoms with E-state index < -0.39 is 18.6 Å². The summed E-state index contributed by atoms with van der Waals surface area (Å²) >= 11 is 6.26. The van der Waals surface area contributed by atoms with Gasteiger partial charge < -0.3 is 25.0 Å². The van der Waals surface area contributed by atoms with Crippen LogP contribution in [0.5, 0.6) is 5.75 Å². The number of aliphatic carboxylic acids is 1. The summed E-state index contributed by atoms with van der Waals surface area (Å²) in [5.41, 5.74) is 2.53. The first-order valence-electron chi connectivity index (χ1n) is 10.7. The molecular weight excluding hydrogens is 493 g/mol. The summed E-state index contributed by atoms with van der Waals surface area (Å²) < 4.78 is 6.67. The van der Waals surface area contributed by atoms with Crippen LogP contribution in [0.3, 0.4) is 0 Å². The molecule has 0 fully saturated rings. The fraction of sp³-hybridized carbons (Fsp3) is 0.115. The van der Waals surface area contributed by atoms with Crippen LogP contribution < -0.4 is 20.9 Å². The Balaban J connectivity index is 0.00000361. The molecule has 1 heterocycles. The molecular formula is C26H23ClN3NaO5. The van der Waals surface area contributed by atoms with Crippen LogP contribution in [0.15, 0.2) is 77.6 Å². The molecule has 0 aliphatic heterocycles. The van der Waals surface area contributed by atoms with E-state index in [4.69, 9.17) is 21.4 Å². The van der Waals surface area contributed by atoms with Crippen LogP contribution in [0.25, 0.3) is 21.9 Å². The van der Waals surface area contributed by atoms with Crippen molar-refractivity contribution in [2.45, 2.75) is 6.54 Å². The minimum absolute atomic E-state index is 0. The van der Waals surface area contributed by atoms with Crippen LogP contribution in [0.1, 0.15) is 5.69 Å². The molecule has 0 spiro atoms. The second-order valence-electron chi connectivity index (χ2n) is 7.76. The molecule has 3 N–H and O–H groups in total. The van der Waals surface area contributed by atoms with Gasteiger partial charge in [-0.2, -0.15) is 0 Å². The third-order valence-corrected chi connectivity index (χ3v) is 5.65. The van der Waals surface area contributed by atoms with Gasteiger partial charge >= 0.3 is 41.6 Å². The standard InChI is InChI=1S/C26H22ClN3O5.Na.H/c1-30-22(14-28-26(34)29-18-8-5-9-19(13-18)35-15-23(31)32)24(16-6-3-2-4-7-16)21-12-17(27)10-11-20(21)25(30)33;;/h2-13H,14-15H2,1H3,(H,31,32)(H2,28,29,34);;. The Morgan fingerprint density at radius 1 is 1.00 bits per heavy atom. The summed E-state index contributed by atoms with van der Waals surface area (Å²) in [7, 11) is 1.67. The topological polar surface area (TPSA) is 110 Å². The van der Waals surface area contributed by atoms with Gasteiger partial charge in [0.2, 0.25) is 0 Å². The van der Waals surface area contributed by atoms with E-state index >= 15 is 0 Å². The number of carboxylic acid groups (broad SMARTS) is 1. The van der Waals surface area contributed by atoms with Gasteiger partial charge in [-0.3, -0.25) is 4.79 Å². The number of carbonyl (C=O) groups excluding carboxylic acids is 1. The molecule has 0 saturated heterocycles. The molecule has 1 aromatic heterocycles. The first-order valence-corrected chi connectivity index (χ1v) is 11.1. The van der Waals surface area contributed by atoms with E-state index in [-0.39, 0.29) is 41.7 Å². The molecule has 4 aromatic rings. The van der Waals surface area contributed by atoms with Gasteiger partial charge in [-0.1, -0.05) is 48.0 Å². The molecule has 8 nitrogen and oxygen atoms in total. The molecule has 0 bridgehead atoms. The third kappa shape index (κ3) is 6.27. The van der Waals surface area contributed by atoms with Crippen LogP contribution in [0.4, 0.5) is 10.5 Å². The van der Waals surface area contributed by atoms with Crippen molar-refractivity contribution in [3.63, 3.8) is 0 Å². The summed E-state index contributed by atoms with van der Waals surface area (Å²) in [6, 6.07) is 20.6. The molecule has 2 amide bonds. The van der Waals surface area contributed by atoms with Gasteiger partial charge in [0, 0.05) is 40.5 Å². The van der Waals surface area contributed by atoms with Crippen LogP contribution in [-0.2, 0) is 18.4 Å². The monoisotopic (exact) mass is 515 g/mol. The van der Waals surface area contributed by atoms with Crippen molar-refractivity contribution in [1.82, 2.24) is 9.88 Å². The van der Waals surface area contributed by atoms with E-state index in [1.807, 2.05) is 30.3 Å². The summed E-state index contributed by atoms with van der Waals surface area (Å²) in [6.07, 6.45) is 0. The van der Waals surface area contributed by atoms with Crippen molar-refractivity contribution in [3.8, 4) is 16.9 Å². The predicted octanol–water partition coefficient (Wildman–Crippen LogP) is 4.00. The number of pyridine rings is 1. The Bertz CT molecular complexity index is 1470. The maximum atomic E-state index is 13.1. The Labute approximate surface area is 234 Å².